The highest BCUT2D eigenvalue weighted by Gasteiger charge is 2.41. The Balaban J connectivity index is 1.81. The van der Waals surface area contributed by atoms with Crippen molar-refractivity contribution in [3.05, 3.63) is 75.6 Å². The lowest BCUT2D eigenvalue weighted by Gasteiger charge is -2.16. The van der Waals surface area contributed by atoms with Gasteiger partial charge in [-0.15, -0.1) is 11.3 Å². The van der Waals surface area contributed by atoms with Crippen LogP contribution in [-0.2, 0) is 9.59 Å². The number of carbonyl (C=O) groups is 2. The number of hydrogen-bond acceptors (Lipinski definition) is 6. The molecule has 0 aliphatic carbocycles. The van der Waals surface area contributed by atoms with Gasteiger partial charge < -0.3 is 14.8 Å². The largest absolute Gasteiger partial charge is 0.497 e. The molecule has 30 heavy (non-hydrogen) atoms. The lowest BCUT2D eigenvalue weighted by Crippen LogP contribution is -2.32. The van der Waals surface area contributed by atoms with E-state index in [2.05, 4.69) is 5.32 Å². The van der Waals surface area contributed by atoms with Gasteiger partial charge in [-0.1, -0.05) is 17.7 Å². The van der Waals surface area contributed by atoms with E-state index >= 15 is 0 Å². The van der Waals surface area contributed by atoms with Gasteiger partial charge in [-0.25, -0.2) is 4.90 Å². The molecule has 0 saturated carbocycles. The second-order valence-corrected chi connectivity index (χ2v) is 7.72. The molecule has 0 spiro atoms. The number of imide groups is 1. The van der Waals surface area contributed by atoms with Crippen molar-refractivity contribution in [1.82, 2.24) is 0 Å². The van der Waals surface area contributed by atoms with E-state index in [0.717, 1.165) is 4.90 Å². The summed E-state index contributed by atoms with van der Waals surface area (Å²) in [6.07, 6.45) is 0. The summed E-state index contributed by atoms with van der Waals surface area (Å²) in [4.78, 5) is 28.5. The lowest BCUT2D eigenvalue weighted by atomic mass is 10.1. The quantitative estimate of drug-likeness (QED) is 0.557. The zero-order chi connectivity index (χ0) is 21.3. The fourth-order valence-electron chi connectivity index (χ4n) is 3.17. The van der Waals surface area contributed by atoms with Crippen LogP contribution < -0.4 is 19.7 Å². The SMILES string of the molecule is COc1ccc(OC)c(NC2=C(c3cccs3)C(=O)N(c3ccc(Cl)cc3)C2=O)c1. The van der Waals surface area contributed by atoms with Gasteiger partial charge in [0.2, 0.25) is 0 Å². The number of methoxy groups -OCH3 is 2. The summed E-state index contributed by atoms with van der Waals surface area (Å²) < 4.78 is 10.7. The molecule has 152 valence electrons. The molecule has 1 aliphatic rings. The van der Waals surface area contributed by atoms with Gasteiger partial charge in [0.25, 0.3) is 11.8 Å². The van der Waals surface area contributed by atoms with Gasteiger partial charge in [0.15, 0.2) is 0 Å². The summed E-state index contributed by atoms with van der Waals surface area (Å²) in [5.74, 6) is 0.228. The van der Waals surface area contributed by atoms with Crippen LogP contribution in [0, 0.1) is 0 Å². The van der Waals surface area contributed by atoms with E-state index < -0.39 is 11.8 Å². The second-order valence-electron chi connectivity index (χ2n) is 6.34. The van der Waals surface area contributed by atoms with E-state index in [4.69, 9.17) is 21.1 Å². The van der Waals surface area contributed by atoms with Gasteiger partial charge in [-0.3, -0.25) is 9.59 Å². The van der Waals surface area contributed by atoms with E-state index in [0.29, 0.717) is 38.3 Å². The zero-order valence-corrected chi connectivity index (χ0v) is 17.7. The molecule has 0 unspecified atom stereocenters. The first-order chi connectivity index (χ1) is 14.5. The monoisotopic (exact) mass is 440 g/mol. The Kier molecular flexibility index (Phi) is 5.48. The number of carbonyl (C=O) groups excluding carboxylic acids is 2. The molecule has 0 atom stereocenters. The minimum Gasteiger partial charge on any atom is -0.497 e. The Bertz CT molecular complexity index is 1140. The van der Waals surface area contributed by atoms with Crippen LogP contribution in [0.5, 0.6) is 11.5 Å². The molecule has 6 nitrogen and oxygen atoms in total. The average molecular weight is 441 g/mol. The predicted octanol–water partition coefficient (Wildman–Crippen LogP) is 4.82. The molecule has 1 aromatic heterocycles. The maximum atomic E-state index is 13.3. The molecule has 0 radical (unpaired) electrons. The van der Waals surface area contributed by atoms with Crippen molar-refractivity contribution in [3.8, 4) is 11.5 Å². The van der Waals surface area contributed by atoms with Crippen molar-refractivity contribution >= 4 is 51.7 Å². The first-order valence-corrected chi connectivity index (χ1v) is 10.2. The van der Waals surface area contributed by atoms with Gasteiger partial charge in [0.05, 0.1) is 31.2 Å². The van der Waals surface area contributed by atoms with Crippen LogP contribution in [0.15, 0.2) is 65.7 Å². The molecule has 4 rings (SSSR count). The molecular weight excluding hydrogens is 424 g/mol. The number of hydrogen-bond donors (Lipinski definition) is 1. The molecular formula is C22H17ClN2O4S. The van der Waals surface area contributed by atoms with Crippen molar-refractivity contribution in [2.75, 3.05) is 24.4 Å². The molecule has 2 aromatic carbocycles. The number of halogens is 1. The van der Waals surface area contributed by atoms with Gasteiger partial charge >= 0.3 is 0 Å². The van der Waals surface area contributed by atoms with Crippen molar-refractivity contribution in [1.29, 1.82) is 0 Å². The van der Waals surface area contributed by atoms with Gasteiger partial charge in [0.1, 0.15) is 17.2 Å². The number of benzene rings is 2. The van der Waals surface area contributed by atoms with Gasteiger partial charge in [0, 0.05) is 16.0 Å². The van der Waals surface area contributed by atoms with Crippen LogP contribution in [0.3, 0.4) is 0 Å². The number of ether oxygens (including phenoxy) is 2. The molecule has 0 bridgehead atoms. The van der Waals surface area contributed by atoms with Crippen LogP contribution in [0.1, 0.15) is 4.88 Å². The maximum absolute atomic E-state index is 13.3. The van der Waals surface area contributed by atoms with E-state index in [1.165, 1.54) is 18.4 Å². The number of nitrogens with one attached hydrogen (secondary N) is 1. The highest BCUT2D eigenvalue weighted by Crippen LogP contribution is 2.38. The zero-order valence-electron chi connectivity index (χ0n) is 16.1. The average Bonchev–Trinajstić information content (AvgIpc) is 3.36. The van der Waals surface area contributed by atoms with Gasteiger partial charge in [-0.05, 0) is 47.8 Å². The molecule has 0 fully saturated rings. The predicted molar refractivity (Wildman–Crippen MR) is 118 cm³/mol. The molecule has 3 aromatic rings. The normalized spacial score (nSPS) is 13.8. The summed E-state index contributed by atoms with van der Waals surface area (Å²) in [5.41, 5.74) is 1.43. The highest BCUT2D eigenvalue weighted by atomic mass is 35.5. The standard InChI is InChI=1S/C22H17ClN2O4S/c1-28-15-9-10-17(29-2)16(12-15)24-20-19(18-4-3-11-30-18)21(26)25(22(20)27)14-7-5-13(23)6-8-14/h3-12,24H,1-2H3. The number of anilines is 2. The van der Waals surface area contributed by atoms with Crippen LogP contribution in [0.25, 0.3) is 5.57 Å². The van der Waals surface area contributed by atoms with E-state index in [1.54, 1.807) is 55.6 Å². The van der Waals surface area contributed by atoms with Crippen LogP contribution in [0.4, 0.5) is 11.4 Å². The minimum atomic E-state index is -0.462. The highest BCUT2D eigenvalue weighted by molar-refractivity contribution is 7.11. The molecule has 1 aliphatic heterocycles. The van der Waals surface area contributed by atoms with Crippen molar-refractivity contribution in [3.63, 3.8) is 0 Å². The molecule has 8 heteroatoms. The number of amides is 2. The Labute approximate surface area is 182 Å². The minimum absolute atomic E-state index is 0.170. The van der Waals surface area contributed by atoms with E-state index in [-0.39, 0.29) is 5.70 Å². The van der Waals surface area contributed by atoms with E-state index in [9.17, 15) is 9.59 Å². The number of thiophene rings is 1. The van der Waals surface area contributed by atoms with Crippen LogP contribution in [0.2, 0.25) is 5.02 Å². The molecule has 0 saturated heterocycles. The van der Waals surface area contributed by atoms with E-state index in [1.807, 2.05) is 11.4 Å². The second kappa shape index (κ2) is 8.22. The van der Waals surface area contributed by atoms with Crippen molar-refractivity contribution in [2.45, 2.75) is 0 Å². The summed E-state index contributed by atoms with van der Waals surface area (Å²) in [7, 11) is 3.08. The Morgan fingerprint density at radius 2 is 1.73 bits per heavy atom. The first-order valence-electron chi connectivity index (χ1n) is 8.95. The Morgan fingerprint density at radius 3 is 2.37 bits per heavy atom. The molecule has 2 amide bonds. The maximum Gasteiger partial charge on any atom is 0.282 e. The fraction of sp³-hybridized carbons (Fsp3) is 0.0909. The third kappa shape index (κ3) is 3.53. The number of nitrogens with zero attached hydrogens (tertiary/aromatic N) is 1. The Hall–Kier alpha value is -3.29. The first kappa shape index (κ1) is 20.0. The lowest BCUT2D eigenvalue weighted by molar-refractivity contribution is -0.120. The van der Waals surface area contributed by atoms with Crippen molar-refractivity contribution < 1.29 is 19.1 Å². The molecule has 2 heterocycles. The topological polar surface area (TPSA) is 67.9 Å². The van der Waals surface area contributed by atoms with Crippen LogP contribution in [-0.4, -0.2) is 26.0 Å². The summed E-state index contributed by atoms with van der Waals surface area (Å²) in [6, 6.07) is 15.4. The summed E-state index contributed by atoms with van der Waals surface area (Å²) in [6.45, 7) is 0. The van der Waals surface area contributed by atoms with Gasteiger partial charge in [-0.2, -0.15) is 0 Å². The third-order valence-corrected chi connectivity index (χ3v) is 5.74. The number of rotatable bonds is 6. The third-order valence-electron chi connectivity index (χ3n) is 4.60. The van der Waals surface area contributed by atoms with Crippen LogP contribution >= 0.6 is 22.9 Å². The summed E-state index contributed by atoms with van der Waals surface area (Å²) in [5, 5.41) is 5.48. The Morgan fingerprint density at radius 1 is 0.967 bits per heavy atom. The van der Waals surface area contributed by atoms with Crippen molar-refractivity contribution in [2.24, 2.45) is 0 Å². The summed E-state index contributed by atoms with van der Waals surface area (Å²) >= 11 is 7.35. The molecule has 1 N–H and O–H groups in total. The smallest absolute Gasteiger partial charge is 0.282 e. The fourth-order valence-corrected chi connectivity index (χ4v) is 4.06.